The van der Waals surface area contributed by atoms with Crippen molar-refractivity contribution in [2.45, 2.75) is 32.6 Å². The van der Waals surface area contributed by atoms with E-state index in [1.807, 2.05) is 0 Å². The summed E-state index contributed by atoms with van der Waals surface area (Å²) >= 11 is 1.63. The fourth-order valence-electron chi connectivity index (χ4n) is 3.91. The number of anilines is 3. The van der Waals surface area contributed by atoms with E-state index in [0.29, 0.717) is 17.2 Å². The fourth-order valence-corrected chi connectivity index (χ4v) is 5.88. The SMILES string of the molecule is Cc1ccnc(NS(=O)(=O)c2ccc(Nc3ncnc4sc(C)c(-c5ccc(C)c(C)c5)c34)cc2)n1. The lowest BCUT2D eigenvalue weighted by Crippen LogP contribution is -2.15. The standard InChI is InChI=1S/C26H24N6O2S2/c1-15-5-6-19(13-16(15)2)22-18(4)35-25-23(22)24(28-14-29-25)31-20-7-9-21(10-8-20)36(33,34)32-26-27-12-11-17(3)30-26/h5-14H,1-4H3,(H,27,30,32)(H,28,29,31). The molecule has 0 bridgehead atoms. The van der Waals surface area contributed by atoms with Gasteiger partial charge < -0.3 is 5.32 Å². The van der Waals surface area contributed by atoms with Gasteiger partial charge in [0.05, 0.1) is 10.3 Å². The van der Waals surface area contributed by atoms with E-state index in [4.69, 9.17) is 0 Å². The van der Waals surface area contributed by atoms with Gasteiger partial charge in [-0.1, -0.05) is 18.2 Å². The molecule has 10 heteroatoms. The highest BCUT2D eigenvalue weighted by atomic mass is 32.2. The molecule has 0 aliphatic carbocycles. The molecule has 5 rings (SSSR count). The zero-order valence-corrected chi connectivity index (χ0v) is 21.8. The van der Waals surface area contributed by atoms with E-state index < -0.39 is 10.0 Å². The van der Waals surface area contributed by atoms with Gasteiger partial charge in [-0.2, -0.15) is 0 Å². The molecule has 0 amide bonds. The van der Waals surface area contributed by atoms with Gasteiger partial charge in [0.15, 0.2) is 0 Å². The van der Waals surface area contributed by atoms with Crippen LogP contribution < -0.4 is 10.0 Å². The zero-order valence-electron chi connectivity index (χ0n) is 20.2. The highest BCUT2D eigenvalue weighted by Gasteiger charge is 2.19. The van der Waals surface area contributed by atoms with Crippen molar-refractivity contribution >= 4 is 49.0 Å². The van der Waals surface area contributed by atoms with Crippen molar-refractivity contribution in [3.05, 3.63) is 82.8 Å². The van der Waals surface area contributed by atoms with E-state index >= 15 is 0 Å². The largest absolute Gasteiger partial charge is 0.340 e. The lowest BCUT2D eigenvalue weighted by Gasteiger charge is -2.11. The van der Waals surface area contributed by atoms with E-state index in [1.165, 1.54) is 35.8 Å². The summed E-state index contributed by atoms with van der Waals surface area (Å²) in [6.07, 6.45) is 3.05. The Morgan fingerprint density at radius 2 is 1.64 bits per heavy atom. The van der Waals surface area contributed by atoms with E-state index in [0.717, 1.165) is 26.2 Å². The third kappa shape index (κ3) is 4.65. The van der Waals surface area contributed by atoms with Crippen molar-refractivity contribution < 1.29 is 8.42 Å². The van der Waals surface area contributed by atoms with E-state index in [2.05, 4.69) is 68.9 Å². The number of fused-ring (bicyclic) bond motifs is 1. The maximum absolute atomic E-state index is 12.8. The van der Waals surface area contributed by atoms with Crippen LogP contribution in [0.5, 0.6) is 0 Å². The summed E-state index contributed by atoms with van der Waals surface area (Å²) < 4.78 is 28.0. The Morgan fingerprint density at radius 1 is 0.861 bits per heavy atom. The van der Waals surface area contributed by atoms with Crippen LogP contribution in [0.4, 0.5) is 17.5 Å². The Kier molecular flexibility index (Phi) is 6.15. The molecule has 2 aromatic carbocycles. The number of hydrogen-bond donors (Lipinski definition) is 2. The predicted octanol–water partition coefficient (Wildman–Crippen LogP) is 5.93. The van der Waals surface area contributed by atoms with Crippen LogP contribution in [0.25, 0.3) is 21.3 Å². The normalized spacial score (nSPS) is 11.6. The molecule has 3 aromatic heterocycles. The first-order valence-electron chi connectivity index (χ1n) is 11.2. The first kappa shape index (κ1) is 23.8. The van der Waals surface area contributed by atoms with Gasteiger partial charge in [-0.15, -0.1) is 11.3 Å². The number of aromatic nitrogens is 4. The topological polar surface area (TPSA) is 110 Å². The average molecular weight is 517 g/mol. The molecule has 0 aliphatic heterocycles. The second kappa shape index (κ2) is 9.29. The minimum Gasteiger partial charge on any atom is -0.340 e. The Morgan fingerprint density at radius 3 is 2.36 bits per heavy atom. The summed E-state index contributed by atoms with van der Waals surface area (Å²) in [6.45, 7) is 8.06. The molecule has 36 heavy (non-hydrogen) atoms. The van der Waals surface area contributed by atoms with E-state index in [-0.39, 0.29) is 10.8 Å². The van der Waals surface area contributed by atoms with Gasteiger partial charge in [0.1, 0.15) is 17.0 Å². The van der Waals surface area contributed by atoms with Gasteiger partial charge in [0, 0.05) is 28.0 Å². The highest BCUT2D eigenvalue weighted by Crippen LogP contribution is 2.41. The summed E-state index contributed by atoms with van der Waals surface area (Å²) in [4.78, 5) is 19.2. The lowest BCUT2D eigenvalue weighted by atomic mass is 9.99. The molecule has 3 heterocycles. The van der Waals surface area contributed by atoms with Gasteiger partial charge in [0.25, 0.3) is 10.0 Å². The summed E-state index contributed by atoms with van der Waals surface area (Å²) in [6, 6.07) is 14.6. The molecule has 8 nitrogen and oxygen atoms in total. The van der Waals surface area contributed by atoms with Crippen molar-refractivity contribution in [1.82, 2.24) is 19.9 Å². The van der Waals surface area contributed by atoms with Gasteiger partial charge in [-0.3, -0.25) is 0 Å². The molecule has 0 aliphatic rings. The van der Waals surface area contributed by atoms with Crippen molar-refractivity contribution in [3.8, 4) is 11.1 Å². The minimum atomic E-state index is -3.83. The number of nitrogens with zero attached hydrogens (tertiary/aromatic N) is 4. The van der Waals surface area contributed by atoms with Crippen molar-refractivity contribution in [3.63, 3.8) is 0 Å². The van der Waals surface area contributed by atoms with Gasteiger partial charge in [-0.05, 0) is 74.7 Å². The third-order valence-corrected chi connectivity index (χ3v) is 8.26. The zero-order chi connectivity index (χ0) is 25.4. The number of thiophene rings is 1. The van der Waals surface area contributed by atoms with Crippen LogP contribution in [-0.2, 0) is 10.0 Å². The van der Waals surface area contributed by atoms with Gasteiger partial charge >= 0.3 is 0 Å². The molecule has 0 spiro atoms. The van der Waals surface area contributed by atoms with Crippen LogP contribution in [0.2, 0.25) is 0 Å². The summed E-state index contributed by atoms with van der Waals surface area (Å²) in [5.41, 5.74) is 6.05. The molecule has 0 saturated carbocycles. The molecule has 5 aromatic rings. The quantitative estimate of drug-likeness (QED) is 0.288. The van der Waals surface area contributed by atoms with Crippen molar-refractivity contribution in [2.75, 3.05) is 10.0 Å². The number of rotatable bonds is 6. The molecule has 0 fully saturated rings. The summed E-state index contributed by atoms with van der Waals surface area (Å²) in [5, 5.41) is 4.29. The summed E-state index contributed by atoms with van der Waals surface area (Å²) in [7, 11) is -3.83. The molecular weight excluding hydrogens is 492 g/mol. The summed E-state index contributed by atoms with van der Waals surface area (Å²) in [5.74, 6) is 0.701. The Labute approximate surface area is 213 Å². The Bertz CT molecular complexity index is 1700. The monoisotopic (exact) mass is 516 g/mol. The van der Waals surface area contributed by atoms with Crippen LogP contribution in [0.1, 0.15) is 21.7 Å². The first-order chi connectivity index (χ1) is 17.2. The van der Waals surface area contributed by atoms with Crippen LogP contribution in [-0.4, -0.2) is 28.4 Å². The van der Waals surface area contributed by atoms with Crippen molar-refractivity contribution in [1.29, 1.82) is 0 Å². The minimum absolute atomic E-state index is 0.0345. The Hall–Kier alpha value is -3.89. The number of aryl methyl sites for hydroxylation is 4. The molecule has 0 unspecified atom stereocenters. The van der Waals surface area contributed by atoms with Gasteiger partial charge in [-0.25, -0.2) is 33.1 Å². The second-order valence-electron chi connectivity index (χ2n) is 8.51. The second-order valence-corrected chi connectivity index (χ2v) is 11.4. The Balaban J connectivity index is 1.47. The van der Waals surface area contributed by atoms with Crippen LogP contribution in [0.3, 0.4) is 0 Å². The predicted molar refractivity (Wildman–Crippen MR) is 144 cm³/mol. The molecule has 0 radical (unpaired) electrons. The van der Waals surface area contributed by atoms with E-state index in [1.54, 1.807) is 36.5 Å². The number of nitrogens with one attached hydrogen (secondary N) is 2. The maximum Gasteiger partial charge on any atom is 0.264 e. The number of hydrogen-bond acceptors (Lipinski definition) is 8. The van der Waals surface area contributed by atoms with Crippen LogP contribution in [0.15, 0.2) is 66.0 Å². The number of sulfonamides is 1. The molecule has 2 N–H and O–H groups in total. The molecular formula is C26H24N6O2S2. The van der Waals surface area contributed by atoms with E-state index in [9.17, 15) is 8.42 Å². The van der Waals surface area contributed by atoms with Crippen LogP contribution in [0, 0.1) is 27.7 Å². The molecule has 182 valence electrons. The number of benzene rings is 2. The average Bonchev–Trinajstić information content (AvgIpc) is 3.18. The van der Waals surface area contributed by atoms with Crippen LogP contribution >= 0.6 is 11.3 Å². The smallest absolute Gasteiger partial charge is 0.264 e. The lowest BCUT2D eigenvalue weighted by molar-refractivity contribution is 0.601. The molecule has 0 saturated heterocycles. The van der Waals surface area contributed by atoms with Gasteiger partial charge in [0.2, 0.25) is 5.95 Å². The molecule has 0 atom stereocenters. The van der Waals surface area contributed by atoms with Crippen molar-refractivity contribution in [2.24, 2.45) is 0 Å². The first-order valence-corrected chi connectivity index (χ1v) is 13.5. The maximum atomic E-state index is 12.8. The third-order valence-electron chi connectivity index (χ3n) is 5.91. The highest BCUT2D eigenvalue weighted by molar-refractivity contribution is 7.92. The fraction of sp³-hybridized carbons (Fsp3) is 0.154.